The summed E-state index contributed by atoms with van der Waals surface area (Å²) in [4.78, 5) is 28.5. The molecule has 184 valence electrons. The molecule has 35 heavy (non-hydrogen) atoms. The zero-order chi connectivity index (χ0) is 25.1. The predicted octanol–water partition coefficient (Wildman–Crippen LogP) is 4.27. The first kappa shape index (κ1) is 24.8. The van der Waals surface area contributed by atoms with Crippen LogP contribution < -0.4 is 10.3 Å². The van der Waals surface area contributed by atoms with Crippen molar-refractivity contribution in [3.63, 3.8) is 0 Å². The molecule has 0 spiro atoms. The molecule has 0 atom stereocenters. The van der Waals surface area contributed by atoms with Crippen LogP contribution in [0.3, 0.4) is 0 Å². The fraction of sp³-hybridized carbons (Fsp3) is 0.385. The maximum atomic E-state index is 13.5. The number of carbonyl (C=O) groups is 1. The van der Waals surface area contributed by atoms with Crippen LogP contribution in [0.4, 0.5) is 0 Å². The van der Waals surface area contributed by atoms with Crippen molar-refractivity contribution >= 4 is 34.3 Å². The average molecular weight is 494 g/mol. The van der Waals surface area contributed by atoms with Gasteiger partial charge in [-0.3, -0.25) is 14.0 Å². The molecule has 0 unspecified atom stereocenters. The largest absolute Gasteiger partial charge is 0.497 e. The van der Waals surface area contributed by atoms with E-state index < -0.39 is 0 Å². The van der Waals surface area contributed by atoms with E-state index in [1.54, 1.807) is 19.2 Å². The van der Waals surface area contributed by atoms with Gasteiger partial charge < -0.3 is 9.64 Å². The number of benzene rings is 2. The summed E-state index contributed by atoms with van der Waals surface area (Å²) in [6.07, 6.45) is 0. The van der Waals surface area contributed by atoms with Crippen molar-refractivity contribution in [1.82, 2.24) is 24.1 Å². The normalized spacial score (nSPS) is 11.6. The second kappa shape index (κ2) is 10.5. The van der Waals surface area contributed by atoms with Crippen molar-refractivity contribution < 1.29 is 9.53 Å². The summed E-state index contributed by atoms with van der Waals surface area (Å²) >= 11 is 1.34. The van der Waals surface area contributed by atoms with Gasteiger partial charge in [0.15, 0.2) is 5.16 Å². The summed E-state index contributed by atoms with van der Waals surface area (Å²) in [5.41, 5.74) is 1.14. The van der Waals surface area contributed by atoms with Crippen molar-refractivity contribution in [2.45, 2.75) is 32.9 Å². The van der Waals surface area contributed by atoms with Crippen molar-refractivity contribution in [3.8, 4) is 11.4 Å². The standard InChI is InChI=1S/C26H31N5O3S/c1-17(2)14-29(15-18(3)4)23(32)16-35-26-28-27-25-30(19-9-8-10-20(13-19)34-5)24(33)21-11-6-7-12-22(21)31(25)26/h6-13,17-18H,14-16H2,1-5H3. The van der Waals surface area contributed by atoms with Crippen LogP contribution in [0.2, 0.25) is 0 Å². The number of amides is 1. The van der Waals surface area contributed by atoms with Crippen LogP contribution in [0, 0.1) is 11.8 Å². The Hall–Kier alpha value is -3.33. The monoisotopic (exact) mass is 493 g/mol. The summed E-state index contributed by atoms with van der Waals surface area (Å²) < 4.78 is 8.74. The highest BCUT2D eigenvalue weighted by atomic mass is 32.2. The molecule has 0 aliphatic heterocycles. The Kier molecular flexibility index (Phi) is 7.45. The number of thioether (sulfide) groups is 1. The molecule has 2 heterocycles. The number of fused-ring (bicyclic) bond motifs is 3. The zero-order valence-corrected chi connectivity index (χ0v) is 21.6. The topological polar surface area (TPSA) is 81.7 Å². The van der Waals surface area contributed by atoms with Gasteiger partial charge in [0.25, 0.3) is 5.56 Å². The second-order valence-electron chi connectivity index (χ2n) is 9.35. The first-order valence-corrected chi connectivity index (χ1v) is 12.7. The third kappa shape index (κ3) is 5.19. The van der Waals surface area contributed by atoms with Crippen LogP contribution in [0.25, 0.3) is 22.4 Å². The van der Waals surface area contributed by atoms with E-state index in [2.05, 4.69) is 37.9 Å². The lowest BCUT2D eigenvalue weighted by molar-refractivity contribution is -0.129. The van der Waals surface area contributed by atoms with E-state index in [0.717, 1.165) is 13.1 Å². The van der Waals surface area contributed by atoms with Gasteiger partial charge in [-0.2, -0.15) is 0 Å². The Morgan fingerprint density at radius 1 is 1.03 bits per heavy atom. The molecule has 2 aromatic carbocycles. The number of hydrogen-bond donors (Lipinski definition) is 0. The Labute approximate surface area is 208 Å². The van der Waals surface area contributed by atoms with Gasteiger partial charge in [-0.05, 0) is 36.1 Å². The summed E-state index contributed by atoms with van der Waals surface area (Å²) in [6, 6.07) is 14.7. The molecule has 0 radical (unpaired) electrons. The number of rotatable bonds is 9. The minimum Gasteiger partial charge on any atom is -0.497 e. The van der Waals surface area contributed by atoms with E-state index in [1.807, 2.05) is 45.7 Å². The number of carbonyl (C=O) groups excluding carboxylic acids is 1. The van der Waals surface area contributed by atoms with Gasteiger partial charge in [-0.1, -0.05) is 57.7 Å². The highest BCUT2D eigenvalue weighted by Gasteiger charge is 2.21. The van der Waals surface area contributed by atoms with Crippen molar-refractivity contribution in [3.05, 3.63) is 58.9 Å². The number of methoxy groups -OCH3 is 1. The van der Waals surface area contributed by atoms with E-state index in [4.69, 9.17) is 4.74 Å². The van der Waals surface area contributed by atoms with Gasteiger partial charge in [0.05, 0.1) is 29.5 Å². The van der Waals surface area contributed by atoms with Crippen molar-refractivity contribution in [2.75, 3.05) is 26.0 Å². The molecule has 0 saturated heterocycles. The summed E-state index contributed by atoms with van der Waals surface area (Å²) in [5, 5.41) is 9.86. The van der Waals surface area contributed by atoms with Crippen LogP contribution in [0.1, 0.15) is 27.7 Å². The summed E-state index contributed by atoms with van der Waals surface area (Å²) in [5.74, 6) is 2.11. The Balaban J connectivity index is 1.77. The lowest BCUT2D eigenvalue weighted by atomic mass is 10.1. The highest BCUT2D eigenvalue weighted by Crippen LogP contribution is 2.25. The van der Waals surface area contributed by atoms with Crippen LogP contribution in [0.15, 0.2) is 58.5 Å². The second-order valence-corrected chi connectivity index (χ2v) is 10.3. The molecule has 9 heteroatoms. The fourth-order valence-corrected chi connectivity index (χ4v) is 4.97. The van der Waals surface area contributed by atoms with E-state index in [-0.39, 0.29) is 17.2 Å². The van der Waals surface area contributed by atoms with Crippen LogP contribution in [-0.2, 0) is 4.79 Å². The van der Waals surface area contributed by atoms with E-state index in [1.165, 1.54) is 16.3 Å². The fourth-order valence-electron chi connectivity index (χ4n) is 4.13. The van der Waals surface area contributed by atoms with Gasteiger partial charge in [0.1, 0.15) is 5.75 Å². The molecule has 4 aromatic rings. The van der Waals surface area contributed by atoms with Crippen molar-refractivity contribution in [2.24, 2.45) is 11.8 Å². The van der Waals surface area contributed by atoms with E-state index >= 15 is 0 Å². The van der Waals surface area contributed by atoms with Crippen LogP contribution in [-0.4, -0.2) is 55.9 Å². The first-order valence-electron chi connectivity index (χ1n) is 11.7. The molecular formula is C26H31N5O3S. The van der Waals surface area contributed by atoms with Gasteiger partial charge >= 0.3 is 0 Å². The molecular weight excluding hydrogens is 462 g/mol. The predicted molar refractivity (Wildman–Crippen MR) is 140 cm³/mol. The minimum atomic E-state index is -0.193. The Morgan fingerprint density at radius 2 is 1.74 bits per heavy atom. The number of nitrogens with zero attached hydrogens (tertiary/aromatic N) is 5. The molecule has 0 aliphatic rings. The quantitative estimate of drug-likeness (QED) is 0.324. The molecule has 2 aromatic heterocycles. The SMILES string of the molecule is COc1cccc(-n2c(=O)c3ccccc3n3c(SCC(=O)N(CC(C)C)CC(C)C)nnc23)c1. The number of ether oxygens (including phenoxy) is 1. The maximum absolute atomic E-state index is 13.5. The van der Waals surface area contributed by atoms with E-state index in [0.29, 0.717) is 45.1 Å². The minimum absolute atomic E-state index is 0.0690. The maximum Gasteiger partial charge on any atom is 0.267 e. The smallest absolute Gasteiger partial charge is 0.267 e. The van der Waals surface area contributed by atoms with Crippen LogP contribution >= 0.6 is 11.8 Å². The Morgan fingerprint density at radius 3 is 2.43 bits per heavy atom. The zero-order valence-electron chi connectivity index (χ0n) is 20.8. The lowest BCUT2D eigenvalue weighted by Crippen LogP contribution is -2.38. The molecule has 0 aliphatic carbocycles. The molecule has 0 bridgehead atoms. The highest BCUT2D eigenvalue weighted by molar-refractivity contribution is 7.99. The number of aromatic nitrogens is 4. The third-order valence-corrected chi connectivity index (χ3v) is 6.47. The number of para-hydroxylation sites is 1. The van der Waals surface area contributed by atoms with Gasteiger partial charge in [-0.25, -0.2) is 4.57 Å². The first-order chi connectivity index (χ1) is 16.8. The third-order valence-electron chi connectivity index (χ3n) is 5.55. The molecule has 0 fully saturated rings. The lowest BCUT2D eigenvalue weighted by Gasteiger charge is -2.26. The molecule has 0 saturated carbocycles. The number of hydrogen-bond acceptors (Lipinski definition) is 6. The van der Waals surface area contributed by atoms with E-state index in [9.17, 15) is 9.59 Å². The van der Waals surface area contributed by atoms with Gasteiger partial charge in [-0.15, -0.1) is 10.2 Å². The summed E-state index contributed by atoms with van der Waals surface area (Å²) in [6.45, 7) is 9.90. The van der Waals surface area contributed by atoms with Gasteiger partial charge in [0.2, 0.25) is 11.7 Å². The molecule has 4 rings (SSSR count). The molecule has 8 nitrogen and oxygen atoms in total. The summed E-state index contributed by atoms with van der Waals surface area (Å²) in [7, 11) is 1.59. The molecule has 1 amide bonds. The van der Waals surface area contributed by atoms with Gasteiger partial charge in [0, 0.05) is 19.2 Å². The van der Waals surface area contributed by atoms with Crippen molar-refractivity contribution in [1.29, 1.82) is 0 Å². The molecule has 0 N–H and O–H groups in total. The Bertz CT molecular complexity index is 1400. The van der Waals surface area contributed by atoms with Crippen LogP contribution in [0.5, 0.6) is 5.75 Å². The average Bonchev–Trinajstić information content (AvgIpc) is 3.25.